The van der Waals surface area contributed by atoms with Gasteiger partial charge in [0.25, 0.3) is 6.01 Å². The number of halogens is 2. The normalized spacial score (nSPS) is 25.6. The molecule has 7 rings (SSSR count). The maximum Gasteiger partial charge on any atom is 0.296 e. The van der Waals surface area contributed by atoms with Crippen molar-refractivity contribution in [3.8, 4) is 17.1 Å². The van der Waals surface area contributed by atoms with Crippen LogP contribution in [0.5, 0.6) is 6.01 Å². The molecule has 40 heavy (non-hydrogen) atoms. The van der Waals surface area contributed by atoms with Gasteiger partial charge in [0.15, 0.2) is 11.8 Å². The quantitative estimate of drug-likeness (QED) is 0.290. The molecule has 11 nitrogen and oxygen atoms in total. The summed E-state index contributed by atoms with van der Waals surface area (Å²) < 4.78 is 34.4. The molecule has 5 atom stereocenters. The highest BCUT2D eigenvalue weighted by molar-refractivity contribution is 6.33. The number of aromatic amines is 1. The number of pyridine rings is 1. The van der Waals surface area contributed by atoms with Crippen molar-refractivity contribution in [3.05, 3.63) is 52.6 Å². The molecule has 3 aliphatic rings. The maximum atomic E-state index is 15.5. The first kappa shape index (κ1) is 25.4. The number of fused-ring (bicyclic) bond motifs is 3. The number of nitrogens with zero attached hydrogens (tertiary/aromatic N) is 5. The van der Waals surface area contributed by atoms with Crippen LogP contribution in [-0.4, -0.2) is 80.7 Å². The Bertz CT molecular complexity index is 1610. The van der Waals surface area contributed by atoms with Crippen molar-refractivity contribution in [1.29, 1.82) is 0 Å². The SMILES string of the molecule is CN=CCn1cc(-c2cc(F)c3c(c2)CC[C@@H]3Nc2nc3nc(O[C@@H]4CO[C@H]5[C@@H]4OC[C@H]5O)[nH]c3cc2Cl)cn1. The lowest BCUT2D eigenvalue weighted by molar-refractivity contribution is 0.00706. The van der Waals surface area contributed by atoms with E-state index >= 15 is 4.39 Å². The fourth-order valence-electron chi connectivity index (χ4n) is 5.71. The lowest BCUT2D eigenvalue weighted by atomic mass is 10.0. The molecule has 208 valence electrons. The van der Waals surface area contributed by atoms with Gasteiger partial charge in [-0.1, -0.05) is 17.7 Å². The van der Waals surface area contributed by atoms with Crippen molar-refractivity contribution < 1.29 is 23.7 Å². The molecule has 3 aromatic heterocycles. The van der Waals surface area contributed by atoms with Crippen molar-refractivity contribution in [2.75, 3.05) is 25.6 Å². The summed E-state index contributed by atoms with van der Waals surface area (Å²) in [5, 5.41) is 18.0. The van der Waals surface area contributed by atoms with Crippen LogP contribution < -0.4 is 10.1 Å². The van der Waals surface area contributed by atoms with Crippen LogP contribution in [0.15, 0.2) is 35.6 Å². The summed E-state index contributed by atoms with van der Waals surface area (Å²) in [4.78, 5) is 16.1. The van der Waals surface area contributed by atoms with E-state index in [-0.39, 0.29) is 37.2 Å². The van der Waals surface area contributed by atoms with Gasteiger partial charge >= 0.3 is 0 Å². The molecule has 2 saturated heterocycles. The molecule has 4 aromatic rings. The number of hydrogen-bond donors (Lipinski definition) is 3. The zero-order chi connectivity index (χ0) is 27.4. The molecule has 0 unspecified atom stereocenters. The third kappa shape index (κ3) is 4.50. The number of rotatable bonds is 7. The molecule has 1 aromatic carbocycles. The smallest absolute Gasteiger partial charge is 0.296 e. The Morgan fingerprint density at radius 2 is 2.12 bits per heavy atom. The highest BCUT2D eigenvalue weighted by Crippen LogP contribution is 2.39. The third-order valence-corrected chi connectivity index (χ3v) is 7.93. The van der Waals surface area contributed by atoms with E-state index in [4.69, 9.17) is 25.8 Å². The number of aryl methyl sites for hydroxylation is 1. The van der Waals surface area contributed by atoms with Crippen LogP contribution in [0.25, 0.3) is 22.3 Å². The Balaban J connectivity index is 1.09. The van der Waals surface area contributed by atoms with E-state index in [9.17, 15) is 5.11 Å². The minimum Gasteiger partial charge on any atom is -0.456 e. The minimum absolute atomic E-state index is 0.215. The van der Waals surface area contributed by atoms with Crippen molar-refractivity contribution >= 4 is 34.8 Å². The van der Waals surface area contributed by atoms with Crippen LogP contribution in [0, 0.1) is 5.82 Å². The summed E-state index contributed by atoms with van der Waals surface area (Å²) in [6.07, 6.45) is 4.97. The minimum atomic E-state index is -0.662. The molecule has 0 amide bonds. The third-order valence-electron chi connectivity index (χ3n) is 7.64. The van der Waals surface area contributed by atoms with Crippen LogP contribution >= 0.6 is 11.6 Å². The second-order valence-corrected chi connectivity index (χ2v) is 10.6. The lowest BCUT2D eigenvalue weighted by Crippen LogP contribution is -2.34. The van der Waals surface area contributed by atoms with Gasteiger partial charge in [-0.3, -0.25) is 9.67 Å². The average Bonchev–Trinajstić information content (AvgIpc) is 3.75. The fourth-order valence-corrected chi connectivity index (χ4v) is 5.92. The van der Waals surface area contributed by atoms with Gasteiger partial charge in [-0.2, -0.15) is 10.1 Å². The Kier molecular flexibility index (Phi) is 6.42. The zero-order valence-corrected chi connectivity index (χ0v) is 22.3. The van der Waals surface area contributed by atoms with E-state index in [0.717, 1.165) is 23.1 Å². The molecule has 0 saturated carbocycles. The summed E-state index contributed by atoms with van der Waals surface area (Å²) in [6.45, 7) is 1.06. The van der Waals surface area contributed by atoms with Gasteiger partial charge in [0.05, 0.1) is 42.5 Å². The summed E-state index contributed by atoms with van der Waals surface area (Å²) >= 11 is 6.57. The molecular formula is C27H27ClFN7O4. The molecule has 3 N–H and O–H groups in total. The van der Waals surface area contributed by atoms with Crippen LogP contribution in [-0.2, 0) is 22.4 Å². The average molecular weight is 568 g/mol. The predicted molar refractivity (Wildman–Crippen MR) is 146 cm³/mol. The van der Waals surface area contributed by atoms with Crippen LogP contribution in [0.3, 0.4) is 0 Å². The largest absolute Gasteiger partial charge is 0.456 e. The topological polar surface area (TPSA) is 132 Å². The molecule has 2 aliphatic heterocycles. The second kappa shape index (κ2) is 10.1. The Morgan fingerprint density at radius 1 is 1.25 bits per heavy atom. The number of nitrogens with one attached hydrogen (secondary N) is 2. The summed E-state index contributed by atoms with van der Waals surface area (Å²) in [7, 11) is 1.71. The highest BCUT2D eigenvalue weighted by Gasteiger charge is 2.48. The molecular weight excluding hydrogens is 541 g/mol. The van der Waals surface area contributed by atoms with Gasteiger partial charge in [0.2, 0.25) is 0 Å². The Hall–Kier alpha value is -3.58. The van der Waals surface area contributed by atoms with E-state index < -0.39 is 18.3 Å². The fraction of sp³-hybridized carbons (Fsp3) is 0.407. The Morgan fingerprint density at radius 3 is 3.00 bits per heavy atom. The van der Waals surface area contributed by atoms with Gasteiger partial charge in [-0.15, -0.1) is 0 Å². The standard InChI is InChI=1S/C27H27ClFN7O4/c1-30-4-5-36-10-15(9-31-36)14-6-13-2-3-18(22(13)17(29)7-14)32-25-16(28)8-19-26(34-25)35-27(33-19)40-21-12-39-23-20(37)11-38-24(21)23/h4,6-10,18,20-21,23-24,37H,2-3,5,11-12H2,1H3,(H2,32,33,34,35)/t18-,20+,21+,23+,24+/m0/s1. The number of imidazole rings is 1. The number of hydrogen-bond acceptors (Lipinski definition) is 9. The molecule has 2 fully saturated rings. The highest BCUT2D eigenvalue weighted by atomic mass is 35.5. The van der Waals surface area contributed by atoms with E-state index in [1.165, 1.54) is 0 Å². The molecule has 0 spiro atoms. The number of H-pyrrole nitrogens is 1. The molecule has 13 heteroatoms. The second-order valence-electron chi connectivity index (χ2n) is 10.2. The van der Waals surface area contributed by atoms with Gasteiger partial charge < -0.3 is 29.6 Å². The summed E-state index contributed by atoms with van der Waals surface area (Å²) in [5.74, 6) is 0.133. The molecule has 5 heterocycles. The van der Waals surface area contributed by atoms with Crippen LogP contribution in [0.1, 0.15) is 23.6 Å². The summed E-state index contributed by atoms with van der Waals surface area (Å²) in [6, 6.07) is 5.25. The Labute approximate surface area is 233 Å². The van der Waals surface area contributed by atoms with Gasteiger partial charge in [-0.25, -0.2) is 9.37 Å². The first-order chi connectivity index (χ1) is 19.5. The zero-order valence-electron chi connectivity index (χ0n) is 21.6. The number of ether oxygens (including phenoxy) is 3. The first-order valence-electron chi connectivity index (χ1n) is 13.1. The van der Waals surface area contributed by atoms with Crippen molar-refractivity contribution in [1.82, 2.24) is 24.7 Å². The van der Waals surface area contributed by atoms with Crippen LogP contribution in [0.4, 0.5) is 10.2 Å². The van der Waals surface area contributed by atoms with Crippen molar-refractivity contribution in [2.45, 2.75) is 49.8 Å². The lowest BCUT2D eigenvalue weighted by Gasteiger charge is -2.17. The number of aliphatic hydroxyl groups is 1. The number of aliphatic hydroxyl groups excluding tert-OH is 1. The predicted octanol–water partition coefficient (Wildman–Crippen LogP) is 3.32. The number of benzene rings is 1. The maximum absolute atomic E-state index is 15.5. The van der Waals surface area contributed by atoms with Gasteiger partial charge in [0.1, 0.15) is 29.9 Å². The molecule has 0 bridgehead atoms. The van der Waals surface area contributed by atoms with Crippen molar-refractivity contribution in [2.24, 2.45) is 4.99 Å². The molecule has 1 aliphatic carbocycles. The number of aromatic nitrogens is 5. The van der Waals surface area contributed by atoms with E-state index in [0.29, 0.717) is 40.5 Å². The summed E-state index contributed by atoms with van der Waals surface area (Å²) in [5.41, 5.74) is 4.21. The van der Waals surface area contributed by atoms with E-state index in [2.05, 4.69) is 30.4 Å². The molecule has 0 radical (unpaired) electrons. The number of anilines is 1. The first-order valence-corrected chi connectivity index (χ1v) is 13.5. The van der Waals surface area contributed by atoms with E-state index in [1.54, 1.807) is 36.3 Å². The monoisotopic (exact) mass is 567 g/mol. The van der Waals surface area contributed by atoms with Gasteiger partial charge in [0, 0.05) is 30.6 Å². The van der Waals surface area contributed by atoms with E-state index in [1.807, 2.05) is 12.3 Å². The van der Waals surface area contributed by atoms with Gasteiger partial charge in [-0.05, 0) is 36.1 Å². The number of aliphatic imine (C=N–C) groups is 1. The van der Waals surface area contributed by atoms with Crippen molar-refractivity contribution in [3.63, 3.8) is 0 Å². The van der Waals surface area contributed by atoms with Crippen LogP contribution in [0.2, 0.25) is 5.02 Å².